The molecule has 0 bridgehead atoms. The first-order valence-electron chi connectivity index (χ1n) is 7.62. The molecule has 0 spiro atoms. The number of carbonyl (C=O) groups excluding carboxylic acids is 1. The van der Waals surface area contributed by atoms with Gasteiger partial charge in [-0.2, -0.15) is 0 Å². The molecule has 3 aromatic rings. The van der Waals surface area contributed by atoms with Crippen LogP contribution >= 0.6 is 0 Å². The van der Waals surface area contributed by atoms with Crippen molar-refractivity contribution in [1.82, 2.24) is 9.97 Å². The van der Waals surface area contributed by atoms with Gasteiger partial charge in [-0.25, -0.2) is 9.97 Å². The standard InChI is InChI=1S/C19H18N4O/c1-14-7-6-8-15(11-14)22-19(24)17-12-21-18(13-20-17)23(2)16-9-4-3-5-10-16/h3-13H,1-2H3,(H,22,24). The molecule has 120 valence electrons. The number of aryl methyl sites for hydroxylation is 1. The third kappa shape index (κ3) is 3.57. The lowest BCUT2D eigenvalue weighted by Gasteiger charge is -2.17. The number of hydrogen-bond donors (Lipinski definition) is 1. The molecule has 0 unspecified atom stereocenters. The summed E-state index contributed by atoms with van der Waals surface area (Å²) in [5.41, 5.74) is 3.11. The fraction of sp³-hybridized carbons (Fsp3) is 0.105. The second kappa shape index (κ2) is 6.91. The van der Waals surface area contributed by atoms with Crippen LogP contribution in [0.1, 0.15) is 16.1 Å². The van der Waals surface area contributed by atoms with Crippen molar-refractivity contribution in [3.05, 3.63) is 78.2 Å². The Morgan fingerprint density at radius 2 is 1.79 bits per heavy atom. The lowest BCUT2D eigenvalue weighted by molar-refractivity contribution is 0.102. The number of amides is 1. The number of aromatic nitrogens is 2. The van der Waals surface area contributed by atoms with Gasteiger partial charge in [-0.3, -0.25) is 4.79 Å². The van der Waals surface area contributed by atoms with Crippen LogP contribution in [0.4, 0.5) is 17.2 Å². The fourth-order valence-electron chi connectivity index (χ4n) is 2.31. The molecular weight excluding hydrogens is 300 g/mol. The third-order valence-corrected chi connectivity index (χ3v) is 3.63. The van der Waals surface area contributed by atoms with Crippen LogP contribution in [0, 0.1) is 6.92 Å². The van der Waals surface area contributed by atoms with E-state index >= 15 is 0 Å². The monoisotopic (exact) mass is 318 g/mol. The zero-order valence-electron chi connectivity index (χ0n) is 13.6. The van der Waals surface area contributed by atoms with Crippen LogP contribution in [0.25, 0.3) is 0 Å². The maximum absolute atomic E-state index is 12.2. The van der Waals surface area contributed by atoms with E-state index in [0.717, 1.165) is 16.9 Å². The molecule has 0 aliphatic heterocycles. The van der Waals surface area contributed by atoms with Gasteiger partial charge < -0.3 is 10.2 Å². The van der Waals surface area contributed by atoms with Gasteiger partial charge in [-0.1, -0.05) is 30.3 Å². The number of benzene rings is 2. The lowest BCUT2D eigenvalue weighted by Crippen LogP contribution is -2.16. The number of nitrogens with one attached hydrogen (secondary N) is 1. The molecule has 5 heteroatoms. The van der Waals surface area contributed by atoms with Crippen LogP contribution in [0.3, 0.4) is 0 Å². The van der Waals surface area contributed by atoms with Crippen molar-refractivity contribution >= 4 is 23.1 Å². The minimum atomic E-state index is -0.276. The minimum Gasteiger partial charge on any atom is -0.328 e. The molecule has 1 amide bonds. The highest BCUT2D eigenvalue weighted by atomic mass is 16.1. The molecule has 1 N–H and O–H groups in total. The Bertz CT molecular complexity index is 832. The first kappa shape index (κ1) is 15.7. The maximum Gasteiger partial charge on any atom is 0.275 e. The van der Waals surface area contributed by atoms with E-state index in [1.807, 2.05) is 73.5 Å². The Balaban J connectivity index is 1.73. The van der Waals surface area contributed by atoms with Crippen molar-refractivity contribution in [2.45, 2.75) is 6.92 Å². The van der Waals surface area contributed by atoms with Crippen molar-refractivity contribution in [1.29, 1.82) is 0 Å². The molecule has 0 fully saturated rings. The SMILES string of the molecule is Cc1cccc(NC(=O)c2cnc(N(C)c3ccccc3)cn2)c1. The van der Waals surface area contributed by atoms with E-state index in [2.05, 4.69) is 15.3 Å². The van der Waals surface area contributed by atoms with Crippen molar-refractivity contribution < 1.29 is 4.79 Å². The molecule has 0 aliphatic carbocycles. The summed E-state index contributed by atoms with van der Waals surface area (Å²) in [5.74, 6) is 0.398. The Morgan fingerprint density at radius 1 is 1.00 bits per heavy atom. The highest BCUT2D eigenvalue weighted by molar-refractivity contribution is 6.02. The average Bonchev–Trinajstić information content (AvgIpc) is 2.62. The van der Waals surface area contributed by atoms with Crippen molar-refractivity contribution in [3.8, 4) is 0 Å². The quantitative estimate of drug-likeness (QED) is 0.795. The summed E-state index contributed by atoms with van der Waals surface area (Å²) in [6.07, 6.45) is 3.08. The summed E-state index contributed by atoms with van der Waals surface area (Å²) < 4.78 is 0. The zero-order valence-corrected chi connectivity index (χ0v) is 13.6. The van der Waals surface area contributed by atoms with E-state index in [1.165, 1.54) is 6.20 Å². The highest BCUT2D eigenvalue weighted by Gasteiger charge is 2.11. The Labute approximate surface area is 141 Å². The van der Waals surface area contributed by atoms with Gasteiger partial charge in [-0.05, 0) is 36.8 Å². The number of hydrogen-bond acceptors (Lipinski definition) is 4. The predicted molar refractivity (Wildman–Crippen MR) is 95.7 cm³/mol. The molecule has 0 saturated carbocycles. The topological polar surface area (TPSA) is 58.1 Å². The molecule has 2 aromatic carbocycles. The van der Waals surface area contributed by atoms with Crippen LogP contribution < -0.4 is 10.2 Å². The number of anilines is 3. The van der Waals surface area contributed by atoms with Crippen LogP contribution in [0.5, 0.6) is 0 Å². The van der Waals surface area contributed by atoms with Gasteiger partial charge in [0, 0.05) is 18.4 Å². The Kier molecular flexibility index (Phi) is 4.52. The number of para-hydroxylation sites is 1. The van der Waals surface area contributed by atoms with Crippen molar-refractivity contribution in [2.24, 2.45) is 0 Å². The van der Waals surface area contributed by atoms with Gasteiger partial charge >= 0.3 is 0 Å². The van der Waals surface area contributed by atoms with Gasteiger partial charge in [0.25, 0.3) is 5.91 Å². The van der Waals surface area contributed by atoms with E-state index in [-0.39, 0.29) is 11.6 Å². The summed E-state index contributed by atoms with van der Waals surface area (Å²) in [4.78, 5) is 22.7. The smallest absolute Gasteiger partial charge is 0.275 e. The highest BCUT2D eigenvalue weighted by Crippen LogP contribution is 2.20. The van der Waals surface area contributed by atoms with Gasteiger partial charge in [-0.15, -0.1) is 0 Å². The van der Waals surface area contributed by atoms with Crippen LogP contribution in [-0.4, -0.2) is 22.9 Å². The molecule has 0 aliphatic rings. The third-order valence-electron chi connectivity index (χ3n) is 3.63. The summed E-state index contributed by atoms with van der Waals surface area (Å²) in [7, 11) is 1.91. The number of rotatable bonds is 4. The van der Waals surface area contributed by atoms with E-state index in [9.17, 15) is 4.79 Å². The Hall–Kier alpha value is -3.21. The predicted octanol–water partition coefficient (Wildman–Crippen LogP) is 3.81. The molecule has 5 nitrogen and oxygen atoms in total. The van der Waals surface area contributed by atoms with Crippen LogP contribution in [0.2, 0.25) is 0 Å². The first-order chi connectivity index (χ1) is 11.6. The van der Waals surface area contributed by atoms with E-state index < -0.39 is 0 Å². The van der Waals surface area contributed by atoms with Gasteiger partial charge in [0.05, 0.1) is 12.4 Å². The summed E-state index contributed by atoms with van der Waals surface area (Å²) in [5, 5.41) is 2.82. The summed E-state index contributed by atoms with van der Waals surface area (Å²) in [6, 6.07) is 17.5. The molecule has 3 rings (SSSR count). The molecular formula is C19H18N4O. The average molecular weight is 318 g/mol. The van der Waals surface area contributed by atoms with Crippen molar-refractivity contribution in [3.63, 3.8) is 0 Å². The molecule has 24 heavy (non-hydrogen) atoms. The molecule has 1 aromatic heterocycles. The van der Waals surface area contributed by atoms with E-state index in [1.54, 1.807) is 6.20 Å². The second-order valence-corrected chi connectivity index (χ2v) is 5.48. The van der Waals surface area contributed by atoms with E-state index in [0.29, 0.717) is 5.82 Å². The lowest BCUT2D eigenvalue weighted by atomic mass is 10.2. The largest absolute Gasteiger partial charge is 0.328 e. The van der Waals surface area contributed by atoms with Crippen molar-refractivity contribution in [2.75, 3.05) is 17.3 Å². The molecule has 0 atom stereocenters. The van der Waals surface area contributed by atoms with E-state index in [4.69, 9.17) is 0 Å². The maximum atomic E-state index is 12.2. The number of carbonyl (C=O) groups is 1. The zero-order chi connectivity index (χ0) is 16.9. The first-order valence-corrected chi connectivity index (χ1v) is 7.62. The fourth-order valence-corrected chi connectivity index (χ4v) is 2.31. The Morgan fingerprint density at radius 3 is 2.46 bits per heavy atom. The van der Waals surface area contributed by atoms with Gasteiger partial charge in [0.2, 0.25) is 0 Å². The number of nitrogens with zero attached hydrogens (tertiary/aromatic N) is 3. The molecule has 0 radical (unpaired) electrons. The van der Waals surface area contributed by atoms with Gasteiger partial charge in [0.15, 0.2) is 5.82 Å². The molecule has 1 heterocycles. The summed E-state index contributed by atoms with van der Waals surface area (Å²) >= 11 is 0. The normalized spacial score (nSPS) is 10.2. The van der Waals surface area contributed by atoms with Gasteiger partial charge in [0.1, 0.15) is 5.69 Å². The summed E-state index contributed by atoms with van der Waals surface area (Å²) in [6.45, 7) is 1.98. The molecule has 0 saturated heterocycles. The minimum absolute atomic E-state index is 0.276. The van der Waals surface area contributed by atoms with Crippen LogP contribution in [0.15, 0.2) is 67.0 Å². The van der Waals surface area contributed by atoms with Crippen LogP contribution in [-0.2, 0) is 0 Å². The second-order valence-electron chi connectivity index (χ2n) is 5.48.